The van der Waals surface area contributed by atoms with E-state index in [1.807, 2.05) is 0 Å². The molecule has 3 N–H and O–H groups in total. The van der Waals surface area contributed by atoms with Gasteiger partial charge in [-0.3, -0.25) is 4.79 Å². The number of nitrogens with one attached hydrogen (secondary N) is 1. The highest BCUT2D eigenvalue weighted by Gasteiger charge is 2.44. The van der Waals surface area contributed by atoms with E-state index >= 15 is 4.39 Å². The third kappa shape index (κ3) is 4.06. The molecular weight excluding hydrogens is 417 g/mol. The van der Waals surface area contributed by atoms with Gasteiger partial charge in [-0.15, -0.1) is 0 Å². The number of hydrogen-bond acceptors (Lipinski definition) is 3. The van der Waals surface area contributed by atoms with E-state index in [-0.39, 0.29) is 17.5 Å². The number of nitrogens with two attached hydrogens (primary N) is 1. The largest absolute Gasteiger partial charge is 0.364 e. The minimum absolute atomic E-state index is 0.0500. The molecule has 4 nitrogen and oxygen atoms in total. The zero-order valence-corrected chi connectivity index (χ0v) is 16.0. The molecule has 1 saturated carbocycles. The molecule has 0 radical (unpaired) electrons. The molecule has 10 heteroatoms. The number of carbonyl (C=O) groups excluding carboxylic acids is 1. The van der Waals surface area contributed by atoms with Crippen molar-refractivity contribution in [1.82, 2.24) is 10.3 Å². The summed E-state index contributed by atoms with van der Waals surface area (Å²) in [7, 11) is 1.65. The Morgan fingerprint density at radius 2 is 1.93 bits per heavy atom. The quantitative estimate of drug-likeness (QED) is 0.510. The maximum absolute atomic E-state index is 15.0. The molecule has 29 heavy (non-hydrogen) atoms. The normalized spacial score (nSPS) is 15.4. The van der Waals surface area contributed by atoms with Crippen molar-refractivity contribution in [3.8, 4) is 11.3 Å². The fraction of sp³-hybridized carbons (Fsp3) is 0.368. The van der Waals surface area contributed by atoms with Crippen LogP contribution in [0.5, 0.6) is 0 Å². The van der Waals surface area contributed by atoms with Crippen LogP contribution in [0.15, 0.2) is 18.2 Å². The van der Waals surface area contributed by atoms with Crippen molar-refractivity contribution in [2.45, 2.75) is 24.7 Å². The molecule has 0 spiro atoms. The Balaban J connectivity index is 2.29. The molecule has 1 fully saturated rings. The van der Waals surface area contributed by atoms with Crippen molar-refractivity contribution in [3.05, 3.63) is 51.9 Å². The Labute approximate surface area is 168 Å². The van der Waals surface area contributed by atoms with E-state index in [2.05, 4.69) is 10.3 Å². The van der Waals surface area contributed by atoms with E-state index in [0.717, 1.165) is 25.0 Å². The maximum Gasteiger partial charge on any atom is 0.352 e. The van der Waals surface area contributed by atoms with Crippen molar-refractivity contribution in [2.24, 2.45) is 11.7 Å². The second-order valence-electron chi connectivity index (χ2n) is 6.94. The van der Waals surface area contributed by atoms with Crippen LogP contribution in [0.2, 0.25) is 5.02 Å². The number of alkyl halides is 2. The zero-order valence-electron chi connectivity index (χ0n) is 15.2. The highest BCUT2D eigenvalue weighted by atomic mass is 35.5. The van der Waals surface area contributed by atoms with Crippen LogP contribution >= 0.6 is 11.6 Å². The molecule has 3 rings (SSSR count). The summed E-state index contributed by atoms with van der Waals surface area (Å²) >= 11 is 5.66. The summed E-state index contributed by atoms with van der Waals surface area (Å²) in [6.07, 6.45) is 1.64. The van der Waals surface area contributed by atoms with Crippen molar-refractivity contribution in [3.63, 3.8) is 0 Å². The molecule has 1 amide bonds. The summed E-state index contributed by atoms with van der Waals surface area (Å²) in [5, 5.41) is 2.38. The average Bonchev–Trinajstić information content (AvgIpc) is 3.48. The van der Waals surface area contributed by atoms with Crippen molar-refractivity contribution >= 4 is 17.5 Å². The van der Waals surface area contributed by atoms with Gasteiger partial charge in [0.1, 0.15) is 17.3 Å². The minimum atomic E-state index is -4.36. The Morgan fingerprint density at radius 1 is 1.28 bits per heavy atom. The topological polar surface area (TPSA) is 68.0 Å². The molecule has 0 bridgehead atoms. The van der Waals surface area contributed by atoms with Crippen molar-refractivity contribution in [1.29, 1.82) is 0 Å². The number of pyridine rings is 1. The first-order valence-corrected chi connectivity index (χ1v) is 9.13. The van der Waals surface area contributed by atoms with Crippen LogP contribution in [0, 0.1) is 23.4 Å². The monoisotopic (exact) mass is 433 g/mol. The number of benzene rings is 1. The van der Waals surface area contributed by atoms with Crippen LogP contribution in [0.4, 0.5) is 22.0 Å². The SMILES string of the molecule is CNCC(c1cc(C(F)(F)C(N)=O)c(F)c(-c2cc(Cl)c(F)cc2F)n1)C1CC1. The van der Waals surface area contributed by atoms with Gasteiger partial charge in [0.05, 0.1) is 10.6 Å². The number of likely N-dealkylation sites (N-methyl/N-ethyl adjacent to an activating group) is 1. The van der Waals surface area contributed by atoms with Gasteiger partial charge in [-0.05, 0) is 37.9 Å². The van der Waals surface area contributed by atoms with E-state index in [1.165, 1.54) is 0 Å². The summed E-state index contributed by atoms with van der Waals surface area (Å²) in [4.78, 5) is 15.3. The number of halogens is 6. The first-order valence-electron chi connectivity index (χ1n) is 8.76. The van der Waals surface area contributed by atoms with Crippen molar-refractivity contribution in [2.75, 3.05) is 13.6 Å². The Morgan fingerprint density at radius 3 is 2.48 bits per heavy atom. The second kappa shape index (κ2) is 7.87. The van der Waals surface area contributed by atoms with Gasteiger partial charge in [0, 0.05) is 29.8 Å². The third-order valence-corrected chi connectivity index (χ3v) is 5.17. The predicted octanol–water partition coefficient (Wildman–Crippen LogP) is 4.11. The fourth-order valence-electron chi connectivity index (χ4n) is 3.21. The summed E-state index contributed by atoms with van der Waals surface area (Å²) in [6.45, 7) is 0.344. The van der Waals surface area contributed by atoms with E-state index in [9.17, 15) is 22.4 Å². The van der Waals surface area contributed by atoms with Gasteiger partial charge in [-0.2, -0.15) is 8.78 Å². The molecule has 1 unspecified atom stereocenters. The van der Waals surface area contributed by atoms with Crippen LogP contribution < -0.4 is 11.1 Å². The number of amides is 1. The van der Waals surface area contributed by atoms with Crippen LogP contribution in [-0.2, 0) is 10.7 Å². The standard InChI is InChI=1S/C19H17ClF5N3O/c1-27-7-10(8-2-3-8)15-5-11(19(24,25)18(26)29)16(23)17(28-15)9-4-12(20)14(22)6-13(9)21/h4-6,8,10,27H,2-3,7H2,1H3,(H2,26,29). The lowest BCUT2D eigenvalue weighted by Gasteiger charge is -2.21. The average molecular weight is 434 g/mol. The number of carbonyl (C=O) groups is 1. The molecule has 1 aliphatic carbocycles. The number of rotatable bonds is 7. The zero-order chi connectivity index (χ0) is 21.5. The molecule has 1 heterocycles. The lowest BCUT2D eigenvalue weighted by atomic mass is 9.94. The predicted molar refractivity (Wildman–Crippen MR) is 97.0 cm³/mol. The molecule has 1 aromatic carbocycles. The molecule has 156 valence electrons. The molecule has 0 saturated heterocycles. The highest BCUT2D eigenvalue weighted by Crippen LogP contribution is 2.44. The molecule has 0 aliphatic heterocycles. The van der Waals surface area contributed by atoms with Gasteiger partial charge in [0.15, 0.2) is 5.82 Å². The summed E-state index contributed by atoms with van der Waals surface area (Å²) in [5.41, 5.74) is 2.10. The number of nitrogens with zero attached hydrogens (tertiary/aromatic N) is 1. The van der Waals surface area contributed by atoms with Gasteiger partial charge in [0.25, 0.3) is 5.91 Å². The Hall–Kier alpha value is -2.26. The van der Waals surface area contributed by atoms with Crippen molar-refractivity contribution < 1.29 is 26.7 Å². The van der Waals surface area contributed by atoms with Gasteiger partial charge in [-0.25, -0.2) is 18.2 Å². The summed E-state index contributed by atoms with van der Waals surface area (Å²) < 4.78 is 71.6. The van der Waals surface area contributed by atoms with E-state index in [4.69, 9.17) is 17.3 Å². The van der Waals surface area contributed by atoms with Crippen LogP contribution in [0.3, 0.4) is 0 Å². The Kier molecular flexibility index (Phi) is 5.82. The molecule has 1 aromatic heterocycles. The third-order valence-electron chi connectivity index (χ3n) is 4.89. The lowest BCUT2D eigenvalue weighted by molar-refractivity contribution is -0.143. The van der Waals surface area contributed by atoms with Crippen LogP contribution in [0.25, 0.3) is 11.3 Å². The van der Waals surface area contributed by atoms with Gasteiger partial charge >= 0.3 is 5.92 Å². The highest BCUT2D eigenvalue weighted by molar-refractivity contribution is 6.31. The second-order valence-corrected chi connectivity index (χ2v) is 7.35. The summed E-state index contributed by atoms with van der Waals surface area (Å²) in [6, 6.07) is 1.95. The minimum Gasteiger partial charge on any atom is -0.364 e. The lowest BCUT2D eigenvalue weighted by Crippen LogP contribution is -2.34. The molecule has 2 aromatic rings. The molecule has 1 atom stereocenters. The number of aromatic nitrogens is 1. The number of hydrogen-bond donors (Lipinski definition) is 2. The maximum atomic E-state index is 15.0. The van der Waals surface area contributed by atoms with Crippen LogP contribution in [0.1, 0.15) is 30.0 Å². The first kappa shape index (κ1) is 21.4. The van der Waals surface area contributed by atoms with Crippen LogP contribution in [-0.4, -0.2) is 24.5 Å². The smallest absolute Gasteiger partial charge is 0.352 e. The Bertz CT molecular complexity index is 965. The fourth-order valence-corrected chi connectivity index (χ4v) is 3.38. The first-order chi connectivity index (χ1) is 13.6. The van der Waals surface area contributed by atoms with Gasteiger partial charge in [0.2, 0.25) is 0 Å². The van der Waals surface area contributed by atoms with Gasteiger partial charge < -0.3 is 11.1 Å². The van der Waals surface area contributed by atoms with E-state index in [1.54, 1.807) is 7.05 Å². The number of primary amides is 1. The summed E-state index contributed by atoms with van der Waals surface area (Å²) in [5.74, 6) is -10.6. The molecule has 1 aliphatic rings. The van der Waals surface area contributed by atoms with Gasteiger partial charge in [-0.1, -0.05) is 11.6 Å². The van der Waals surface area contributed by atoms with E-state index in [0.29, 0.717) is 12.6 Å². The molecular formula is C19H17ClF5N3O. The van der Waals surface area contributed by atoms with E-state index < -0.39 is 51.1 Å².